The van der Waals surface area contributed by atoms with E-state index >= 15 is 0 Å². The van der Waals surface area contributed by atoms with Gasteiger partial charge in [0.1, 0.15) is 11.4 Å². The van der Waals surface area contributed by atoms with Crippen LogP contribution in [0.4, 0.5) is 0 Å². The smallest absolute Gasteiger partial charge is 0.260 e. The van der Waals surface area contributed by atoms with E-state index in [0.29, 0.717) is 18.7 Å². The lowest BCUT2D eigenvalue weighted by Gasteiger charge is -2.12. The molecule has 0 N–H and O–H groups in total. The molecule has 3 rings (SSSR count). The van der Waals surface area contributed by atoms with Crippen LogP contribution in [0.25, 0.3) is 22.2 Å². The Hall–Kier alpha value is -2.88. The third-order valence-electron chi connectivity index (χ3n) is 4.41. The Morgan fingerprint density at radius 1 is 1.11 bits per heavy atom. The summed E-state index contributed by atoms with van der Waals surface area (Å²) in [5.74, 6) is 0.827. The zero-order valence-corrected chi connectivity index (χ0v) is 16.0. The van der Waals surface area contributed by atoms with Crippen molar-refractivity contribution in [3.8, 4) is 16.9 Å². The molecular weight excluding hydrogens is 336 g/mol. The summed E-state index contributed by atoms with van der Waals surface area (Å²) in [6, 6.07) is 13.6. The molecule has 140 valence electrons. The molecule has 0 saturated carbocycles. The Morgan fingerprint density at radius 3 is 2.67 bits per heavy atom. The highest BCUT2D eigenvalue weighted by Crippen LogP contribution is 2.23. The van der Waals surface area contributed by atoms with E-state index in [4.69, 9.17) is 4.74 Å². The van der Waals surface area contributed by atoms with E-state index in [1.165, 1.54) is 0 Å². The molecule has 2 heterocycles. The van der Waals surface area contributed by atoms with Crippen molar-refractivity contribution in [1.29, 1.82) is 0 Å². The minimum atomic E-state index is -0.00618. The van der Waals surface area contributed by atoms with Gasteiger partial charge in [0.15, 0.2) is 0 Å². The molecule has 0 spiro atoms. The van der Waals surface area contributed by atoms with Crippen molar-refractivity contribution in [3.63, 3.8) is 0 Å². The van der Waals surface area contributed by atoms with Gasteiger partial charge in [-0.05, 0) is 55.2 Å². The zero-order chi connectivity index (χ0) is 19.1. The monoisotopic (exact) mass is 362 g/mol. The highest BCUT2D eigenvalue weighted by molar-refractivity contribution is 5.81. The van der Waals surface area contributed by atoms with Crippen LogP contribution in [0.1, 0.15) is 33.1 Å². The van der Waals surface area contributed by atoms with E-state index < -0.39 is 0 Å². The summed E-state index contributed by atoms with van der Waals surface area (Å²) < 4.78 is 7.43. The van der Waals surface area contributed by atoms with Gasteiger partial charge in [-0.3, -0.25) is 9.36 Å². The molecule has 0 saturated heterocycles. The fraction of sp³-hybridized carbons (Fsp3) is 0.304. The van der Waals surface area contributed by atoms with Gasteiger partial charge >= 0.3 is 0 Å². The first kappa shape index (κ1) is 18.9. The maximum Gasteiger partial charge on any atom is 0.260 e. The first-order valence-electron chi connectivity index (χ1n) is 9.61. The molecule has 0 radical (unpaired) electrons. The Bertz CT molecular complexity index is 972. The molecule has 0 unspecified atom stereocenters. The fourth-order valence-electron chi connectivity index (χ4n) is 3.06. The molecule has 0 aliphatic carbocycles. The predicted molar refractivity (Wildman–Crippen MR) is 111 cm³/mol. The van der Waals surface area contributed by atoms with Crippen molar-refractivity contribution in [3.05, 3.63) is 71.2 Å². The summed E-state index contributed by atoms with van der Waals surface area (Å²) >= 11 is 0. The van der Waals surface area contributed by atoms with E-state index in [2.05, 4.69) is 31.0 Å². The number of rotatable bonds is 8. The molecule has 27 heavy (non-hydrogen) atoms. The molecule has 0 bridgehead atoms. The van der Waals surface area contributed by atoms with Crippen LogP contribution < -0.4 is 10.3 Å². The Morgan fingerprint density at radius 2 is 1.93 bits per heavy atom. The average Bonchev–Trinajstić information content (AvgIpc) is 2.71. The molecular formula is C23H26N2O2. The second-order valence-corrected chi connectivity index (χ2v) is 6.47. The first-order valence-corrected chi connectivity index (χ1v) is 9.61. The van der Waals surface area contributed by atoms with Gasteiger partial charge in [-0.1, -0.05) is 38.1 Å². The van der Waals surface area contributed by atoms with Crippen LogP contribution in [0.15, 0.2) is 65.6 Å². The van der Waals surface area contributed by atoms with Gasteiger partial charge < -0.3 is 4.74 Å². The highest BCUT2D eigenvalue weighted by atomic mass is 16.5. The molecule has 0 aliphatic rings. The quantitative estimate of drug-likeness (QED) is 0.517. The van der Waals surface area contributed by atoms with Crippen molar-refractivity contribution < 1.29 is 4.74 Å². The summed E-state index contributed by atoms with van der Waals surface area (Å²) in [4.78, 5) is 17.6. The normalized spacial score (nSPS) is 11.3. The van der Waals surface area contributed by atoms with Crippen molar-refractivity contribution in [2.24, 2.45) is 0 Å². The molecule has 0 fully saturated rings. The Labute approximate surface area is 160 Å². The van der Waals surface area contributed by atoms with Crippen molar-refractivity contribution >= 4 is 11.0 Å². The number of aromatic nitrogens is 2. The summed E-state index contributed by atoms with van der Waals surface area (Å²) in [5.41, 5.74) is 2.32. The van der Waals surface area contributed by atoms with Crippen molar-refractivity contribution in [1.82, 2.24) is 9.55 Å². The van der Waals surface area contributed by atoms with E-state index in [1.54, 1.807) is 10.8 Å². The standard InChI is InChI=1S/C23H26N2O2/c1-3-5-6-7-15-25-22-19(9-8-14-24-22)17-21(23(25)26)18-10-12-20(13-11-18)27-16-4-2/h5-6,8-14,17H,3-4,7,15-16H2,1-2H3. The fourth-order valence-corrected chi connectivity index (χ4v) is 3.06. The molecule has 1 aromatic carbocycles. The number of nitrogens with zero attached hydrogens (tertiary/aromatic N) is 2. The van der Waals surface area contributed by atoms with E-state index in [0.717, 1.165) is 41.6 Å². The van der Waals surface area contributed by atoms with Crippen LogP contribution in [-0.2, 0) is 6.54 Å². The maximum absolute atomic E-state index is 13.2. The van der Waals surface area contributed by atoms with Gasteiger partial charge in [-0.15, -0.1) is 0 Å². The Balaban J connectivity index is 2.01. The third-order valence-corrected chi connectivity index (χ3v) is 4.41. The lowest BCUT2D eigenvalue weighted by Crippen LogP contribution is -2.22. The number of fused-ring (bicyclic) bond motifs is 1. The number of hydrogen-bond acceptors (Lipinski definition) is 3. The second-order valence-electron chi connectivity index (χ2n) is 6.47. The van der Waals surface area contributed by atoms with E-state index in [9.17, 15) is 4.79 Å². The summed E-state index contributed by atoms with van der Waals surface area (Å²) in [6.07, 6.45) is 8.76. The molecule has 2 aromatic heterocycles. The van der Waals surface area contributed by atoms with Gasteiger partial charge in [0.05, 0.1) is 6.61 Å². The third kappa shape index (κ3) is 4.45. The zero-order valence-electron chi connectivity index (χ0n) is 16.0. The predicted octanol–water partition coefficient (Wildman–Crippen LogP) is 5.21. The van der Waals surface area contributed by atoms with Crippen molar-refractivity contribution in [2.45, 2.75) is 39.7 Å². The lowest BCUT2D eigenvalue weighted by molar-refractivity contribution is 0.317. The van der Waals surface area contributed by atoms with Gasteiger partial charge in [-0.25, -0.2) is 4.98 Å². The lowest BCUT2D eigenvalue weighted by atomic mass is 10.1. The molecule has 3 aromatic rings. The van der Waals surface area contributed by atoms with Gasteiger partial charge in [0.2, 0.25) is 0 Å². The number of ether oxygens (including phenoxy) is 1. The SMILES string of the molecule is CCC=CCCn1c(=O)c(-c2ccc(OCCC)cc2)cc2cccnc21. The van der Waals surface area contributed by atoms with E-state index in [1.807, 2.05) is 42.5 Å². The number of allylic oxidation sites excluding steroid dienone is 2. The summed E-state index contributed by atoms with van der Waals surface area (Å²) in [6.45, 7) is 5.50. The summed E-state index contributed by atoms with van der Waals surface area (Å²) in [7, 11) is 0. The van der Waals surface area contributed by atoms with E-state index in [-0.39, 0.29) is 5.56 Å². The van der Waals surface area contributed by atoms with Gasteiger partial charge in [-0.2, -0.15) is 0 Å². The van der Waals surface area contributed by atoms with Crippen LogP contribution in [0.3, 0.4) is 0 Å². The maximum atomic E-state index is 13.2. The molecule has 4 heteroatoms. The first-order chi connectivity index (χ1) is 13.2. The molecule has 0 atom stereocenters. The van der Waals surface area contributed by atoms with Gasteiger partial charge in [0, 0.05) is 23.7 Å². The highest BCUT2D eigenvalue weighted by Gasteiger charge is 2.11. The molecule has 0 aliphatic heterocycles. The minimum absolute atomic E-state index is 0.00618. The number of pyridine rings is 2. The van der Waals surface area contributed by atoms with Crippen LogP contribution in [0.5, 0.6) is 5.75 Å². The number of benzene rings is 1. The topological polar surface area (TPSA) is 44.1 Å². The van der Waals surface area contributed by atoms with Crippen LogP contribution in [0, 0.1) is 0 Å². The minimum Gasteiger partial charge on any atom is -0.494 e. The summed E-state index contributed by atoms with van der Waals surface area (Å²) in [5, 5.41) is 0.970. The van der Waals surface area contributed by atoms with Crippen LogP contribution in [0.2, 0.25) is 0 Å². The molecule has 0 amide bonds. The van der Waals surface area contributed by atoms with Crippen LogP contribution in [-0.4, -0.2) is 16.2 Å². The molecule has 4 nitrogen and oxygen atoms in total. The largest absolute Gasteiger partial charge is 0.494 e. The average molecular weight is 362 g/mol. The van der Waals surface area contributed by atoms with Crippen LogP contribution >= 0.6 is 0 Å². The number of aryl methyl sites for hydroxylation is 1. The van der Waals surface area contributed by atoms with Gasteiger partial charge in [0.25, 0.3) is 5.56 Å². The van der Waals surface area contributed by atoms with Crippen molar-refractivity contribution in [2.75, 3.05) is 6.61 Å². The number of hydrogen-bond donors (Lipinski definition) is 0. The Kier molecular flexibility index (Phi) is 6.42. The second kappa shape index (κ2) is 9.17.